The van der Waals surface area contributed by atoms with Gasteiger partial charge in [-0.15, -0.1) is 0 Å². The lowest BCUT2D eigenvalue weighted by atomic mass is 9.96. The second-order valence-electron chi connectivity index (χ2n) is 6.71. The minimum absolute atomic E-state index is 0.0765. The third-order valence-electron chi connectivity index (χ3n) is 5.16. The van der Waals surface area contributed by atoms with Crippen LogP contribution in [-0.2, 0) is 11.2 Å². The zero-order valence-corrected chi connectivity index (χ0v) is 15.7. The van der Waals surface area contributed by atoms with Crippen molar-refractivity contribution in [2.45, 2.75) is 26.3 Å². The normalized spacial score (nSPS) is 17.3. The summed E-state index contributed by atoms with van der Waals surface area (Å²) >= 11 is 0. The molecule has 0 aliphatic carbocycles. The van der Waals surface area contributed by atoms with Gasteiger partial charge in [-0.25, -0.2) is 0 Å². The lowest BCUT2D eigenvalue weighted by molar-refractivity contribution is -0.126. The molecule has 0 spiro atoms. The van der Waals surface area contributed by atoms with Gasteiger partial charge in [0, 0.05) is 6.54 Å². The Hall–Kier alpha value is -2.33. The molecule has 2 aromatic rings. The van der Waals surface area contributed by atoms with Gasteiger partial charge in [-0.3, -0.25) is 9.69 Å². The van der Waals surface area contributed by atoms with Crippen LogP contribution in [0.3, 0.4) is 0 Å². The first-order valence-corrected chi connectivity index (χ1v) is 9.50. The first kappa shape index (κ1) is 18.5. The fraction of sp³-hybridized carbons (Fsp3) is 0.409. The number of carbonyl (C=O) groups is 1. The number of fused-ring (bicyclic) bond motifs is 1. The van der Waals surface area contributed by atoms with E-state index in [2.05, 4.69) is 48.3 Å². The summed E-state index contributed by atoms with van der Waals surface area (Å²) in [5.74, 6) is 0.854. The van der Waals surface area contributed by atoms with Crippen molar-refractivity contribution in [1.29, 1.82) is 0 Å². The van der Waals surface area contributed by atoms with E-state index in [0.29, 0.717) is 13.2 Å². The number of amides is 1. The highest BCUT2D eigenvalue weighted by atomic mass is 16.5. The molecule has 0 bridgehead atoms. The monoisotopic (exact) mass is 352 g/mol. The summed E-state index contributed by atoms with van der Waals surface area (Å²) in [6.45, 7) is 7.28. The smallest absolute Gasteiger partial charge is 0.226 e. The number of nitrogens with one attached hydrogen (secondary N) is 1. The van der Waals surface area contributed by atoms with E-state index in [0.717, 1.165) is 30.8 Å². The van der Waals surface area contributed by atoms with E-state index in [1.165, 1.54) is 5.56 Å². The maximum Gasteiger partial charge on any atom is 0.226 e. The molecular formula is C22H28N2O2. The Balaban J connectivity index is 1.64. The van der Waals surface area contributed by atoms with E-state index in [1.807, 2.05) is 30.3 Å². The number of rotatable bonds is 7. The number of ether oxygens (including phenoxy) is 1. The zero-order chi connectivity index (χ0) is 18.4. The maximum atomic E-state index is 12.7. The SMILES string of the molecule is CCN(CC)C(CNC(=O)C1COc2ccccc2C1)c1ccccc1. The van der Waals surface area contributed by atoms with Crippen molar-refractivity contribution in [3.63, 3.8) is 0 Å². The molecule has 4 nitrogen and oxygen atoms in total. The molecular weight excluding hydrogens is 324 g/mol. The second kappa shape index (κ2) is 8.86. The van der Waals surface area contributed by atoms with Gasteiger partial charge in [0.15, 0.2) is 0 Å². The third kappa shape index (κ3) is 4.25. The number of carbonyl (C=O) groups excluding carboxylic acids is 1. The van der Waals surface area contributed by atoms with E-state index in [-0.39, 0.29) is 17.9 Å². The highest BCUT2D eigenvalue weighted by Crippen LogP contribution is 2.27. The van der Waals surface area contributed by atoms with Gasteiger partial charge in [-0.05, 0) is 36.7 Å². The minimum atomic E-state index is -0.127. The molecule has 0 radical (unpaired) electrons. The molecule has 26 heavy (non-hydrogen) atoms. The summed E-state index contributed by atoms with van der Waals surface area (Å²) < 4.78 is 5.77. The Bertz CT molecular complexity index is 713. The van der Waals surface area contributed by atoms with Crippen molar-refractivity contribution < 1.29 is 9.53 Å². The summed E-state index contributed by atoms with van der Waals surface area (Å²) in [5, 5.41) is 3.17. The van der Waals surface area contributed by atoms with Crippen LogP contribution in [0.25, 0.3) is 0 Å². The minimum Gasteiger partial charge on any atom is -0.492 e. The summed E-state index contributed by atoms with van der Waals surface area (Å²) in [4.78, 5) is 15.1. The highest BCUT2D eigenvalue weighted by Gasteiger charge is 2.27. The van der Waals surface area contributed by atoms with Gasteiger partial charge in [-0.1, -0.05) is 62.4 Å². The zero-order valence-electron chi connectivity index (χ0n) is 15.7. The molecule has 0 saturated carbocycles. The van der Waals surface area contributed by atoms with Crippen molar-refractivity contribution in [1.82, 2.24) is 10.2 Å². The number of likely N-dealkylation sites (N-methyl/N-ethyl adjacent to an activating group) is 1. The number of para-hydroxylation sites is 1. The van der Waals surface area contributed by atoms with Gasteiger partial charge in [-0.2, -0.15) is 0 Å². The molecule has 1 heterocycles. The maximum absolute atomic E-state index is 12.7. The molecule has 0 fully saturated rings. The van der Waals surface area contributed by atoms with Crippen LogP contribution in [0.2, 0.25) is 0 Å². The summed E-state index contributed by atoms with van der Waals surface area (Å²) in [7, 11) is 0. The van der Waals surface area contributed by atoms with Gasteiger partial charge < -0.3 is 10.1 Å². The molecule has 4 heteroatoms. The average molecular weight is 352 g/mol. The van der Waals surface area contributed by atoms with Crippen LogP contribution in [0.4, 0.5) is 0 Å². The first-order valence-electron chi connectivity index (χ1n) is 9.50. The Kier molecular flexibility index (Phi) is 6.29. The van der Waals surface area contributed by atoms with Crippen molar-refractivity contribution in [2.75, 3.05) is 26.2 Å². The fourth-order valence-electron chi connectivity index (χ4n) is 3.64. The number of hydrogen-bond acceptors (Lipinski definition) is 3. The number of hydrogen-bond donors (Lipinski definition) is 1. The van der Waals surface area contributed by atoms with Gasteiger partial charge >= 0.3 is 0 Å². The van der Waals surface area contributed by atoms with Crippen LogP contribution >= 0.6 is 0 Å². The Morgan fingerprint density at radius 1 is 1.12 bits per heavy atom. The highest BCUT2D eigenvalue weighted by molar-refractivity contribution is 5.79. The second-order valence-corrected chi connectivity index (χ2v) is 6.71. The van der Waals surface area contributed by atoms with Gasteiger partial charge in [0.25, 0.3) is 0 Å². The lowest BCUT2D eigenvalue weighted by Gasteiger charge is -2.31. The fourth-order valence-corrected chi connectivity index (χ4v) is 3.64. The largest absolute Gasteiger partial charge is 0.492 e. The van der Waals surface area contributed by atoms with Crippen molar-refractivity contribution in [3.05, 3.63) is 65.7 Å². The van der Waals surface area contributed by atoms with Crippen molar-refractivity contribution >= 4 is 5.91 Å². The molecule has 2 atom stereocenters. The van der Waals surface area contributed by atoms with Crippen molar-refractivity contribution in [3.8, 4) is 5.75 Å². The van der Waals surface area contributed by atoms with E-state index in [9.17, 15) is 4.79 Å². The molecule has 138 valence electrons. The van der Waals surface area contributed by atoms with Crippen molar-refractivity contribution in [2.24, 2.45) is 5.92 Å². The molecule has 1 aliphatic rings. The Morgan fingerprint density at radius 3 is 2.54 bits per heavy atom. The summed E-state index contributed by atoms with van der Waals surface area (Å²) in [6, 6.07) is 18.6. The number of nitrogens with zero attached hydrogens (tertiary/aromatic N) is 1. The van der Waals surface area contributed by atoms with Gasteiger partial charge in [0.2, 0.25) is 5.91 Å². The summed E-state index contributed by atoms with van der Waals surface area (Å²) in [6.07, 6.45) is 0.739. The van der Waals surface area contributed by atoms with E-state index in [4.69, 9.17) is 4.74 Å². The molecule has 1 aliphatic heterocycles. The number of benzene rings is 2. The molecule has 3 rings (SSSR count). The molecule has 1 amide bonds. The summed E-state index contributed by atoms with van der Waals surface area (Å²) in [5.41, 5.74) is 2.35. The van der Waals surface area contributed by atoms with E-state index < -0.39 is 0 Å². The average Bonchev–Trinajstić information content (AvgIpc) is 2.71. The van der Waals surface area contributed by atoms with E-state index >= 15 is 0 Å². The third-order valence-corrected chi connectivity index (χ3v) is 5.16. The topological polar surface area (TPSA) is 41.6 Å². The quantitative estimate of drug-likeness (QED) is 0.830. The van der Waals surface area contributed by atoms with E-state index in [1.54, 1.807) is 0 Å². The molecule has 0 aromatic heterocycles. The van der Waals surface area contributed by atoms with Gasteiger partial charge in [0.1, 0.15) is 12.4 Å². The first-order chi connectivity index (χ1) is 12.7. The van der Waals surface area contributed by atoms with Crippen LogP contribution in [0.15, 0.2) is 54.6 Å². The van der Waals surface area contributed by atoms with Crippen LogP contribution in [0, 0.1) is 5.92 Å². The Labute approximate surface area is 156 Å². The van der Waals surface area contributed by atoms with Crippen LogP contribution in [0.1, 0.15) is 31.0 Å². The van der Waals surface area contributed by atoms with Crippen LogP contribution in [-0.4, -0.2) is 37.0 Å². The molecule has 0 saturated heterocycles. The Morgan fingerprint density at radius 2 is 1.81 bits per heavy atom. The van der Waals surface area contributed by atoms with Crippen LogP contribution in [0.5, 0.6) is 5.75 Å². The van der Waals surface area contributed by atoms with Gasteiger partial charge in [0.05, 0.1) is 12.0 Å². The molecule has 1 N–H and O–H groups in total. The lowest BCUT2D eigenvalue weighted by Crippen LogP contribution is -2.42. The molecule has 2 aromatic carbocycles. The van der Waals surface area contributed by atoms with Crippen LogP contribution < -0.4 is 10.1 Å². The standard InChI is InChI=1S/C22H28N2O2/c1-3-24(4-2)20(17-10-6-5-7-11-17)15-23-22(25)19-14-18-12-8-9-13-21(18)26-16-19/h5-13,19-20H,3-4,14-16H2,1-2H3,(H,23,25). The predicted molar refractivity (Wildman–Crippen MR) is 104 cm³/mol. The predicted octanol–water partition coefficient (Wildman–Crippen LogP) is 3.44. The molecule has 2 unspecified atom stereocenters.